The van der Waals surface area contributed by atoms with Crippen molar-refractivity contribution in [3.8, 4) is 5.75 Å². The number of carboxylic acids is 1. The van der Waals surface area contributed by atoms with Crippen LogP contribution in [0, 0.1) is 11.7 Å². The number of nitrogens with zero attached hydrogens (tertiary/aromatic N) is 1. The van der Waals surface area contributed by atoms with Crippen LogP contribution in [0.15, 0.2) is 42.5 Å². The monoisotopic (exact) mass is 373 g/mol. The lowest BCUT2D eigenvalue weighted by molar-refractivity contribution is 0.0691. The highest BCUT2D eigenvalue weighted by atomic mass is 19.1. The molecule has 1 atom stereocenters. The number of carbonyl (C=O) groups is 1. The van der Waals surface area contributed by atoms with Crippen LogP contribution < -0.4 is 4.74 Å². The molecule has 6 heteroatoms. The number of likely N-dealkylation sites (tertiary alicyclic amines) is 1. The van der Waals surface area contributed by atoms with E-state index in [0.29, 0.717) is 5.92 Å². The standard InChI is InChI=1S/C21H24FNO4/c22-19-6-5-15(12-18(19)21(25)26)11-16-7-8-23(13-16)14-17-3-1-2-4-20(17)27-10-9-24/h1-6,12,16,24H,7-11,13-14H2,(H,25,26). The molecule has 0 amide bonds. The SMILES string of the molecule is O=C(O)c1cc(CC2CCN(Cc3ccccc3OCCO)C2)ccc1F. The van der Waals surface area contributed by atoms with Crippen molar-refractivity contribution >= 4 is 5.97 Å². The minimum Gasteiger partial charge on any atom is -0.491 e. The molecule has 27 heavy (non-hydrogen) atoms. The van der Waals surface area contributed by atoms with Crippen LogP contribution in [0.1, 0.15) is 27.9 Å². The third kappa shape index (κ3) is 5.05. The summed E-state index contributed by atoms with van der Waals surface area (Å²) in [6.45, 7) is 2.87. The van der Waals surface area contributed by atoms with Crippen LogP contribution in [0.5, 0.6) is 5.75 Å². The maximum absolute atomic E-state index is 13.5. The zero-order chi connectivity index (χ0) is 19.2. The maximum Gasteiger partial charge on any atom is 0.338 e. The zero-order valence-corrected chi connectivity index (χ0v) is 15.1. The van der Waals surface area contributed by atoms with Crippen molar-refractivity contribution in [3.63, 3.8) is 0 Å². The number of hydrogen-bond donors (Lipinski definition) is 2. The molecule has 0 radical (unpaired) electrons. The molecular formula is C21H24FNO4. The molecule has 1 aliphatic rings. The molecule has 0 spiro atoms. The number of aromatic carboxylic acids is 1. The first-order chi connectivity index (χ1) is 13.1. The Hall–Kier alpha value is -2.44. The lowest BCUT2D eigenvalue weighted by Crippen LogP contribution is -2.21. The topological polar surface area (TPSA) is 70.0 Å². The Morgan fingerprint density at radius 2 is 2.07 bits per heavy atom. The van der Waals surface area contributed by atoms with Crippen molar-refractivity contribution in [2.45, 2.75) is 19.4 Å². The van der Waals surface area contributed by atoms with Crippen molar-refractivity contribution in [2.24, 2.45) is 5.92 Å². The number of halogens is 1. The predicted molar refractivity (Wildman–Crippen MR) is 99.5 cm³/mol. The summed E-state index contributed by atoms with van der Waals surface area (Å²) in [5, 5.41) is 18.0. The molecule has 1 fully saturated rings. The molecule has 0 aliphatic carbocycles. The summed E-state index contributed by atoms with van der Waals surface area (Å²) in [4.78, 5) is 13.4. The molecule has 1 unspecified atom stereocenters. The Morgan fingerprint density at radius 3 is 2.85 bits per heavy atom. The first-order valence-corrected chi connectivity index (χ1v) is 9.12. The average molecular weight is 373 g/mol. The van der Waals surface area contributed by atoms with Crippen molar-refractivity contribution in [1.82, 2.24) is 4.90 Å². The van der Waals surface area contributed by atoms with Crippen molar-refractivity contribution in [1.29, 1.82) is 0 Å². The normalized spacial score (nSPS) is 17.2. The quantitative estimate of drug-likeness (QED) is 0.745. The van der Waals surface area contributed by atoms with Crippen LogP contribution in [0.3, 0.4) is 0 Å². The van der Waals surface area contributed by atoms with Crippen LogP contribution >= 0.6 is 0 Å². The van der Waals surface area contributed by atoms with Gasteiger partial charge in [0.25, 0.3) is 0 Å². The van der Waals surface area contributed by atoms with E-state index >= 15 is 0 Å². The predicted octanol–water partition coefficient (Wildman–Crippen LogP) is 2.96. The Labute approximate surface area is 158 Å². The smallest absolute Gasteiger partial charge is 0.338 e. The lowest BCUT2D eigenvalue weighted by atomic mass is 9.97. The molecule has 0 saturated carbocycles. The van der Waals surface area contributed by atoms with E-state index in [1.54, 1.807) is 6.07 Å². The third-order valence-electron chi connectivity index (χ3n) is 4.87. The van der Waals surface area contributed by atoms with Crippen molar-refractivity contribution in [3.05, 3.63) is 65.0 Å². The highest BCUT2D eigenvalue weighted by molar-refractivity contribution is 5.88. The van der Waals surface area contributed by atoms with Gasteiger partial charge in [-0.25, -0.2) is 9.18 Å². The Morgan fingerprint density at radius 1 is 1.26 bits per heavy atom. The number of ether oxygens (including phenoxy) is 1. The first-order valence-electron chi connectivity index (χ1n) is 9.12. The van der Waals surface area contributed by atoms with Gasteiger partial charge in [-0.2, -0.15) is 0 Å². The second kappa shape index (κ2) is 8.97. The summed E-state index contributed by atoms with van der Waals surface area (Å²) in [5.41, 5.74) is 1.67. The lowest BCUT2D eigenvalue weighted by Gasteiger charge is -2.18. The van der Waals surface area contributed by atoms with Gasteiger partial charge in [0.1, 0.15) is 18.2 Å². The molecule has 1 aliphatic heterocycles. The number of rotatable bonds is 8. The largest absolute Gasteiger partial charge is 0.491 e. The summed E-state index contributed by atoms with van der Waals surface area (Å²) >= 11 is 0. The molecule has 5 nitrogen and oxygen atoms in total. The fourth-order valence-corrected chi connectivity index (χ4v) is 3.59. The Kier molecular flexibility index (Phi) is 6.42. The van der Waals surface area contributed by atoms with Gasteiger partial charge in [0.15, 0.2) is 0 Å². The van der Waals surface area contributed by atoms with Crippen LogP contribution in [0.25, 0.3) is 0 Å². The molecular weight excluding hydrogens is 349 g/mol. The van der Waals surface area contributed by atoms with E-state index in [-0.39, 0.29) is 18.8 Å². The molecule has 1 heterocycles. The van der Waals surface area contributed by atoms with Crippen LogP contribution in [-0.4, -0.2) is 47.4 Å². The molecule has 2 aromatic rings. The van der Waals surface area contributed by atoms with E-state index in [1.807, 2.05) is 24.3 Å². The van der Waals surface area contributed by atoms with E-state index in [9.17, 15) is 9.18 Å². The zero-order valence-electron chi connectivity index (χ0n) is 15.1. The number of benzene rings is 2. The van der Waals surface area contributed by atoms with Gasteiger partial charge in [0.2, 0.25) is 0 Å². The van der Waals surface area contributed by atoms with Gasteiger partial charge >= 0.3 is 5.97 Å². The highest BCUT2D eigenvalue weighted by Gasteiger charge is 2.24. The van der Waals surface area contributed by atoms with Gasteiger partial charge in [0, 0.05) is 18.7 Å². The van der Waals surface area contributed by atoms with Crippen LogP contribution in [0.2, 0.25) is 0 Å². The Balaban J connectivity index is 1.60. The molecule has 2 N–H and O–H groups in total. The van der Waals surface area contributed by atoms with E-state index in [4.69, 9.17) is 14.9 Å². The molecule has 1 saturated heterocycles. The van der Waals surface area contributed by atoms with Gasteiger partial charge in [-0.3, -0.25) is 4.90 Å². The third-order valence-corrected chi connectivity index (χ3v) is 4.87. The molecule has 144 valence electrons. The van der Waals surface area contributed by atoms with Crippen molar-refractivity contribution in [2.75, 3.05) is 26.3 Å². The van der Waals surface area contributed by atoms with E-state index in [2.05, 4.69) is 4.90 Å². The first kappa shape index (κ1) is 19.3. The summed E-state index contributed by atoms with van der Waals surface area (Å²) in [6, 6.07) is 12.2. The molecule has 0 bridgehead atoms. The second-order valence-electron chi connectivity index (χ2n) is 6.89. The number of carboxylic acid groups (broad SMARTS) is 1. The van der Waals surface area contributed by atoms with E-state index in [0.717, 1.165) is 49.4 Å². The highest BCUT2D eigenvalue weighted by Crippen LogP contribution is 2.26. The van der Waals surface area contributed by atoms with Crippen LogP contribution in [-0.2, 0) is 13.0 Å². The molecule has 3 rings (SSSR count). The van der Waals surface area contributed by atoms with Gasteiger partial charge in [0.05, 0.1) is 12.2 Å². The van der Waals surface area contributed by atoms with Gasteiger partial charge in [-0.1, -0.05) is 24.3 Å². The van der Waals surface area contributed by atoms with Crippen molar-refractivity contribution < 1.29 is 24.1 Å². The number of para-hydroxylation sites is 1. The van der Waals surface area contributed by atoms with Crippen LogP contribution in [0.4, 0.5) is 4.39 Å². The fraction of sp³-hybridized carbons (Fsp3) is 0.381. The summed E-state index contributed by atoms with van der Waals surface area (Å²) in [7, 11) is 0. The minimum atomic E-state index is -1.23. The second-order valence-corrected chi connectivity index (χ2v) is 6.89. The van der Waals surface area contributed by atoms with Gasteiger partial charge in [-0.15, -0.1) is 0 Å². The summed E-state index contributed by atoms with van der Waals surface area (Å²) < 4.78 is 19.1. The summed E-state index contributed by atoms with van der Waals surface area (Å²) in [6.07, 6.45) is 1.75. The molecule has 0 aromatic heterocycles. The number of aliphatic hydroxyl groups excluding tert-OH is 1. The average Bonchev–Trinajstić information content (AvgIpc) is 3.09. The summed E-state index contributed by atoms with van der Waals surface area (Å²) in [5.74, 6) is -0.733. The minimum absolute atomic E-state index is 0.0177. The number of aliphatic hydroxyl groups is 1. The van der Waals surface area contributed by atoms with E-state index < -0.39 is 11.8 Å². The fourth-order valence-electron chi connectivity index (χ4n) is 3.59. The number of hydrogen-bond acceptors (Lipinski definition) is 4. The maximum atomic E-state index is 13.5. The van der Waals surface area contributed by atoms with Gasteiger partial charge < -0.3 is 14.9 Å². The Bertz CT molecular complexity index is 796. The molecule has 2 aromatic carbocycles. The van der Waals surface area contributed by atoms with Gasteiger partial charge in [-0.05, 0) is 49.1 Å². The van der Waals surface area contributed by atoms with E-state index in [1.165, 1.54) is 12.1 Å².